The van der Waals surface area contributed by atoms with E-state index in [1.54, 1.807) is 186 Å². The number of nitrogens with zero attached hydrogens (tertiary/aromatic N) is 20. The van der Waals surface area contributed by atoms with Crippen molar-refractivity contribution in [3.8, 4) is 0 Å². The molecule has 0 unspecified atom stereocenters. The van der Waals surface area contributed by atoms with E-state index in [4.69, 9.17) is 21.6 Å². The van der Waals surface area contributed by atoms with Crippen LogP contribution in [-0.2, 0) is 33.0 Å². The van der Waals surface area contributed by atoms with Crippen molar-refractivity contribution in [2.45, 2.75) is 0 Å². The van der Waals surface area contributed by atoms with Crippen molar-refractivity contribution >= 4 is 119 Å². The van der Waals surface area contributed by atoms with Crippen molar-refractivity contribution in [2.75, 3.05) is 0 Å². The zero-order valence-corrected chi connectivity index (χ0v) is 42.6. The summed E-state index contributed by atoms with van der Waals surface area (Å²) in [6.45, 7) is 28.2. The largest absolute Gasteiger partial charge is 2.00 e. The number of aromatic nitrogens is 16. The summed E-state index contributed by atoms with van der Waals surface area (Å²) in [6.07, 6.45) is 55.3. The Bertz CT molecular complexity index is 1970. The molecule has 20 nitrogen and oxygen atoms in total. The van der Waals surface area contributed by atoms with E-state index < -0.39 is 0 Å². The molecule has 0 aromatic carbocycles. The third kappa shape index (κ3) is 50.8. The fourth-order valence-electron chi connectivity index (χ4n) is 3.02. The molecule has 0 saturated heterocycles. The summed E-state index contributed by atoms with van der Waals surface area (Å²) in [4.78, 5) is 30.3. The third-order valence-electron chi connectivity index (χ3n) is 5.89. The average Bonchev–Trinajstić information content (AvgIpc) is 4.23. The van der Waals surface area contributed by atoms with Gasteiger partial charge >= 0.3 is 33.0 Å². The van der Waals surface area contributed by atoms with Crippen LogP contribution < -0.4 is 0 Å². The zero-order valence-electron chi connectivity index (χ0n) is 37.3. The summed E-state index contributed by atoms with van der Waals surface area (Å²) < 4.78 is 14.2. The molecule has 0 atom stereocenters. The van der Waals surface area contributed by atoms with Crippen LogP contribution in [-0.4, -0.2) is 97.1 Å². The SMILES string of the molecule is C=Cn1ccnc1.C=Cn1ccnc1.C=Cn1ccnc1.C=Cn1ccnc1.C=Cn1ccnc1.C=Cn1ccnc1.C=Cn1ccnc1.C=Cn1ccnc1.[N-]=C=S.[N-]=C=S.[N-]=C=S.[N-]=C=S.[Ni+2].[Ni+2]. The van der Waals surface area contributed by atoms with E-state index in [9.17, 15) is 0 Å². The topological polar surface area (TPSA) is 232 Å². The second kappa shape index (κ2) is 60.8. The molecule has 0 N–H and O–H groups in total. The smallest absolute Gasteiger partial charge is 0.753 e. The second-order valence-corrected chi connectivity index (χ2v) is 10.6. The molecule has 0 radical (unpaired) electrons. The number of hydrogen-bond acceptors (Lipinski definition) is 12. The Balaban J connectivity index is -0.000000161. The first-order valence-electron chi connectivity index (χ1n) is 18.0. The van der Waals surface area contributed by atoms with E-state index in [0.717, 1.165) is 0 Å². The Morgan fingerprint density at radius 1 is 0.271 bits per heavy atom. The maximum absolute atomic E-state index is 7.13. The van der Waals surface area contributed by atoms with Crippen molar-refractivity contribution in [3.63, 3.8) is 0 Å². The molecule has 8 heterocycles. The van der Waals surface area contributed by atoms with Crippen LogP contribution in [0.3, 0.4) is 0 Å². The van der Waals surface area contributed by atoms with Crippen LogP contribution in [0.5, 0.6) is 0 Å². The first-order chi connectivity index (χ1) is 33.1. The summed E-state index contributed by atoms with van der Waals surface area (Å²) >= 11 is 14.8. The normalized spacial score (nSPS) is 7.31. The number of thiocarbonyl (C=S) groups is 4. The molecule has 368 valence electrons. The van der Waals surface area contributed by atoms with Crippen LogP contribution in [0.4, 0.5) is 0 Å². The summed E-state index contributed by atoms with van der Waals surface area (Å²) in [5.74, 6) is 0. The molecule has 0 fully saturated rings. The molecule has 70 heavy (non-hydrogen) atoms. The maximum atomic E-state index is 7.13. The molecular formula is C44H48N20Ni2S4. The molecular weight excluding hydrogens is 1050 g/mol. The van der Waals surface area contributed by atoms with Crippen LogP contribution in [0.2, 0.25) is 0 Å². The summed E-state index contributed by atoms with van der Waals surface area (Å²) in [6, 6.07) is 0. The van der Waals surface area contributed by atoms with Gasteiger partial charge < -0.3 is 58.2 Å². The third-order valence-corrected chi connectivity index (χ3v) is 5.89. The minimum absolute atomic E-state index is 0. The van der Waals surface area contributed by atoms with Crippen molar-refractivity contribution in [1.29, 1.82) is 0 Å². The van der Waals surface area contributed by atoms with Gasteiger partial charge in [-0.2, -0.15) is 20.6 Å². The fraction of sp³-hybridized carbons (Fsp3) is 0. The molecule has 0 amide bonds. The Morgan fingerprint density at radius 2 is 0.357 bits per heavy atom. The summed E-state index contributed by atoms with van der Waals surface area (Å²) in [5.41, 5.74) is 0. The van der Waals surface area contributed by atoms with Crippen LogP contribution in [0.15, 0.2) is 202 Å². The predicted octanol–water partition coefficient (Wildman–Crippen LogP) is 10.5. The Labute approximate surface area is 449 Å². The van der Waals surface area contributed by atoms with Gasteiger partial charge in [0.2, 0.25) is 0 Å². The van der Waals surface area contributed by atoms with Crippen molar-refractivity contribution in [1.82, 2.24) is 76.4 Å². The molecule has 0 saturated carbocycles. The number of isothiocyanates is 4. The van der Waals surface area contributed by atoms with E-state index in [0.29, 0.717) is 0 Å². The quantitative estimate of drug-likeness (QED) is 0.0786. The molecule has 0 aliphatic carbocycles. The van der Waals surface area contributed by atoms with Gasteiger partial charge in [-0.05, 0) is 0 Å². The van der Waals surface area contributed by atoms with Gasteiger partial charge in [0.25, 0.3) is 0 Å². The molecule has 8 aromatic rings. The molecule has 0 aliphatic rings. The minimum Gasteiger partial charge on any atom is -0.753 e. The molecule has 0 spiro atoms. The number of imidazole rings is 8. The first-order valence-corrected chi connectivity index (χ1v) is 19.6. The van der Waals surface area contributed by atoms with Gasteiger partial charge in [-0.1, -0.05) is 102 Å². The second-order valence-electron chi connectivity index (χ2n) is 9.90. The van der Waals surface area contributed by atoms with Gasteiger partial charge in [0, 0.05) is 149 Å². The number of hydrogen-bond donors (Lipinski definition) is 0. The molecule has 8 aromatic heterocycles. The van der Waals surface area contributed by atoms with Crippen molar-refractivity contribution in [2.24, 2.45) is 0 Å². The van der Waals surface area contributed by atoms with E-state index in [2.05, 4.69) is 141 Å². The van der Waals surface area contributed by atoms with Gasteiger partial charge in [-0.15, -0.1) is 0 Å². The van der Waals surface area contributed by atoms with Crippen LogP contribution >= 0.6 is 48.9 Å². The zero-order chi connectivity index (χ0) is 51.7. The van der Waals surface area contributed by atoms with E-state index in [1.165, 1.54) is 20.6 Å². The van der Waals surface area contributed by atoms with Gasteiger partial charge in [0.1, 0.15) is 0 Å². The van der Waals surface area contributed by atoms with E-state index in [-0.39, 0.29) is 33.0 Å². The van der Waals surface area contributed by atoms with Crippen molar-refractivity contribution < 1.29 is 33.0 Å². The van der Waals surface area contributed by atoms with Crippen LogP contribution in [0.25, 0.3) is 71.2 Å². The maximum Gasteiger partial charge on any atom is 2.00 e. The Hall–Kier alpha value is -8.21. The van der Waals surface area contributed by atoms with Gasteiger partial charge in [-0.25, -0.2) is 39.9 Å². The molecule has 0 bridgehead atoms. The molecule has 0 aliphatic heterocycles. The predicted molar refractivity (Wildman–Crippen MR) is 293 cm³/mol. The monoisotopic (exact) mass is 1100 g/mol. The minimum atomic E-state index is 0. The Morgan fingerprint density at radius 3 is 0.386 bits per heavy atom. The van der Waals surface area contributed by atoms with E-state index in [1.807, 2.05) is 49.6 Å². The van der Waals surface area contributed by atoms with Gasteiger partial charge in [-0.3, -0.25) is 0 Å². The Kier molecular flexibility index (Phi) is 63.7. The summed E-state index contributed by atoms with van der Waals surface area (Å²) in [7, 11) is 0. The fourth-order valence-corrected chi connectivity index (χ4v) is 3.02. The average molecular weight is 1100 g/mol. The standard InChI is InChI=1S/8C5H6N2.4CNS.2Ni/c8*1-2-7-4-3-6-5-7;4*2-1-3;;/h8*2-5H,1H2;;;;;;/q;;;;;;;;4*-1;2*+2. The van der Waals surface area contributed by atoms with Gasteiger partial charge in [0.15, 0.2) is 0 Å². The van der Waals surface area contributed by atoms with Crippen LogP contribution in [0, 0.1) is 0 Å². The molecule has 26 heteroatoms. The van der Waals surface area contributed by atoms with Gasteiger partial charge in [0.05, 0.1) is 50.6 Å². The molecule has 8 rings (SSSR count). The van der Waals surface area contributed by atoms with Crippen LogP contribution in [0.1, 0.15) is 0 Å². The van der Waals surface area contributed by atoms with Crippen molar-refractivity contribution in [3.05, 3.63) is 224 Å². The first kappa shape index (κ1) is 73.4. The summed E-state index contributed by atoms with van der Waals surface area (Å²) in [5, 5.41) is 33.9. The van der Waals surface area contributed by atoms with E-state index >= 15 is 0 Å². The number of rotatable bonds is 8.